The van der Waals surface area contributed by atoms with Gasteiger partial charge in [-0.2, -0.15) is 5.10 Å². The lowest BCUT2D eigenvalue weighted by Gasteiger charge is -1.96. The molecule has 0 saturated heterocycles. The van der Waals surface area contributed by atoms with Crippen LogP contribution in [0.15, 0.2) is 24.5 Å². The summed E-state index contributed by atoms with van der Waals surface area (Å²) in [7, 11) is 1.78. The lowest BCUT2D eigenvalue weighted by molar-refractivity contribution is 0.0702. The fourth-order valence-corrected chi connectivity index (χ4v) is 1.77. The Morgan fingerprint density at radius 1 is 1.60 bits per heavy atom. The van der Waals surface area contributed by atoms with Crippen LogP contribution in [0.2, 0.25) is 0 Å². The SMILES string of the molecule is Cn1cc(Oc2ccc(C(=O)O)s2)cn1. The number of carboxylic acids is 1. The quantitative estimate of drug-likeness (QED) is 0.865. The third kappa shape index (κ3) is 2.16. The van der Waals surface area contributed by atoms with Crippen LogP contribution in [-0.2, 0) is 7.05 Å². The summed E-state index contributed by atoms with van der Waals surface area (Å²) in [5.74, 6) is -0.350. The number of hydrogen-bond acceptors (Lipinski definition) is 4. The van der Waals surface area contributed by atoms with Gasteiger partial charge in [-0.3, -0.25) is 4.68 Å². The highest BCUT2D eigenvalue weighted by Gasteiger charge is 2.08. The fourth-order valence-electron chi connectivity index (χ4n) is 1.06. The molecule has 0 unspecified atom stereocenters. The molecule has 15 heavy (non-hydrogen) atoms. The number of ether oxygens (including phenoxy) is 1. The highest BCUT2D eigenvalue weighted by Crippen LogP contribution is 2.28. The molecule has 0 fully saturated rings. The number of aromatic nitrogens is 2. The Kier molecular flexibility index (Phi) is 2.42. The topological polar surface area (TPSA) is 64.3 Å². The summed E-state index contributed by atoms with van der Waals surface area (Å²) in [5.41, 5.74) is 0. The number of aromatic carboxylic acids is 1. The molecule has 5 nitrogen and oxygen atoms in total. The van der Waals surface area contributed by atoms with Crippen LogP contribution in [0.4, 0.5) is 0 Å². The van der Waals surface area contributed by atoms with E-state index in [9.17, 15) is 4.79 Å². The molecule has 0 bridgehead atoms. The molecule has 6 heteroatoms. The second kappa shape index (κ2) is 3.74. The molecule has 2 aromatic rings. The highest BCUT2D eigenvalue weighted by molar-refractivity contribution is 7.15. The molecule has 1 N–H and O–H groups in total. The van der Waals surface area contributed by atoms with Gasteiger partial charge in [0.15, 0.2) is 10.8 Å². The first-order chi connectivity index (χ1) is 7.15. The van der Waals surface area contributed by atoms with Crippen molar-refractivity contribution in [1.82, 2.24) is 9.78 Å². The van der Waals surface area contributed by atoms with Crippen molar-refractivity contribution in [3.63, 3.8) is 0 Å². The molecule has 2 aromatic heterocycles. The van der Waals surface area contributed by atoms with Gasteiger partial charge in [0.05, 0.1) is 12.4 Å². The van der Waals surface area contributed by atoms with Gasteiger partial charge in [-0.25, -0.2) is 4.79 Å². The molecule has 0 aliphatic heterocycles. The smallest absolute Gasteiger partial charge is 0.345 e. The van der Waals surface area contributed by atoms with Gasteiger partial charge < -0.3 is 9.84 Å². The summed E-state index contributed by atoms with van der Waals surface area (Å²) >= 11 is 1.09. The van der Waals surface area contributed by atoms with E-state index in [0.29, 0.717) is 10.8 Å². The van der Waals surface area contributed by atoms with Crippen molar-refractivity contribution in [2.45, 2.75) is 0 Å². The number of nitrogens with zero attached hydrogens (tertiary/aromatic N) is 2. The first kappa shape index (κ1) is 9.72. The van der Waals surface area contributed by atoms with Crippen molar-refractivity contribution in [3.05, 3.63) is 29.4 Å². The van der Waals surface area contributed by atoms with E-state index in [1.54, 1.807) is 30.2 Å². The van der Waals surface area contributed by atoms with Gasteiger partial charge in [0, 0.05) is 7.05 Å². The Morgan fingerprint density at radius 2 is 2.40 bits per heavy atom. The third-order valence-corrected chi connectivity index (χ3v) is 2.64. The van der Waals surface area contributed by atoms with Gasteiger partial charge >= 0.3 is 5.97 Å². The van der Waals surface area contributed by atoms with Crippen molar-refractivity contribution < 1.29 is 14.6 Å². The zero-order chi connectivity index (χ0) is 10.8. The van der Waals surface area contributed by atoms with Crippen molar-refractivity contribution >= 4 is 17.3 Å². The molecule has 0 amide bonds. The van der Waals surface area contributed by atoms with E-state index in [1.165, 1.54) is 6.07 Å². The van der Waals surface area contributed by atoms with Crippen LogP contribution in [0.5, 0.6) is 10.8 Å². The van der Waals surface area contributed by atoms with Gasteiger partial charge in [0.1, 0.15) is 4.88 Å². The molecule has 0 spiro atoms. The Bertz CT molecular complexity index is 489. The van der Waals surface area contributed by atoms with Crippen LogP contribution in [0.1, 0.15) is 9.67 Å². The fraction of sp³-hybridized carbons (Fsp3) is 0.111. The summed E-state index contributed by atoms with van der Waals surface area (Å²) in [6, 6.07) is 3.14. The van der Waals surface area contributed by atoms with E-state index >= 15 is 0 Å². The molecular formula is C9H8N2O3S. The molecule has 0 aliphatic rings. The molecule has 0 saturated carbocycles. The number of carboxylic acid groups (broad SMARTS) is 1. The predicted molar refractivity (Wildman–Crippen MR) is 54.6 cm³/mol. The number of thiophene rings is 1. The zero-order valence-corrected chi connectivity index (χ0v) is 8.69. The minimum absolute atomic E-state index is 0.258. The zero-order valence-electron chi connectivity index (χ0n) is 7.88. The van der Waals surface area contributed by atoms with Crippen LogP contribution >= 0.6 is 11.3 Å². The molecule has 78 valence electrons. The summed E-state index contributed by atoms with van der Waals surface area (Å²) in [4.78, 5) is 10.9. The molecule has 0 aliphatic carbocycles. The van der Waals surface area contributed by atoms with Crippen LogP contribution in [0, 0.1) is 0 Å². The van der Waals surface area contributed by atoms with E-state index in [4.69, 9.17) is 9.84 Å². The van der Waals surface area contributed by atoms with Crippen LogP contribution in [0.3, 0.4) is 0 Å². The molecule has 2 rings (SSSR count). The standard InChI is InChI=1S/C9H8N2O3S/c1-11-5-6(4-10-11)14-8-3-2-7(15-8)9(12)13/h2-5H,1H3,(H,12,13). The second-order valence-electron chi connectivity index (χ2n) is 2.88. The first-order valence-corrected chi connectivity index (χ1v) is 4.96. The summed E-state index contributed by atoms with van der Waals surface area (Å²) in [5, 5.41) is 13.2. The maximum Gasteiger partial charge on any atom is 0.345 e. The molecule has 0 aromatic carbocycles. The monoisotopic (exact) mass is 224 g/mol. The minimum atomic E-state index is -0.943. The average Bonchev–Trinajstić information content (AvgIpc) is 2.76. The Labute approximate surface area is 89.5 Å². The van der Waals surface area contributed by atoms with Crippen molar-refractivity contribution in [3.8, 4) is 10.8 Å². The Hall–Kier alpha value is -1.82. The predicted octanol–water partition coefficient (Wildman–Crippen LogP) is 1.97. The molecule has 0 radical (unpaired) electrons. The molecule has 0 atom stereocenters. The largest absolute Gasteiger partial charge is 0.477 e. The number of rotatable bonds is 3. The molecule has 2 heterocycles. The van der Waals surface area contributed by atoms with Crippen LogP contribution in [0.25, 0.3) is 0 Å². The maximum atomic E-state index is 10.6. The minimum Gasteiger partial charge on any atom is -0.477 e. The number of hydrogen-bond donors (Lipinski definition) is 1. The average molecular weight is 224 g/mol. The summed E-state index contributed by atoms with van der Waals surface area (Å²) < 4.78 is 7.01. The summed E-state index contributed by atoms with van der Waals surface area (Å²) in [6.07, 6.45) is 3.28. The van der Waals surface area contributed by atoms with Crippen molar-refractivity contribution in [2.75, 3.05) is 0 Å². The Morgan fingerprint density at radius 3 is 2.93 bits per heavy atom. The van der Waals surface area contributed by atoms with E-state index in [-0.39, 0.29) is 4.88 Å². The van der Waals surface area contributed by atoms with Gasteiger partial charge in [0.2, 0.25) is 0 Å². The van der Waals surface area contributed by atoms with Crippen LogP contribution in [-0.4, -0.2) is 20.9 Å². The number of carbonyl (C=O) groups is 1. The van der Waals surface area contributed by atoms with E-state index in [0.717, 1.165) is 11.3 Å². The summed E-state index contributed by atoms with van der Waals surface area (Å²) in [6.45, 7) is 0. The first-order valence-electron chi connectivity index (χ1n) is 4.15. The lowest BCUT2D eigenvalue weighted by atomic mass is 10.5. The third-order valence-electron chi connectivity index (χ3n) is 1.69. The van der Waals surface area contributed by atoms with Gasteiger partial charge in [0.25, 0.3) is 0 Å². The second-order valence-corrected chi connectivity index (χ2v) is 3.92. The van der Waals surface area contributed by atoms with Gasteiger partial charge in [-0.05, 0) is 12.1 Å². The normalized spacial score (nSPS) is 10.2. The van der Waals surface area contributed by atoms with E-state index < -0.39 is 5.97 Å². The number of aryl methyl sites for hydroxylation is 1. The van der Waals surface area contributed by atoms with Gasteiger partial charge in [-0.1, -0.05) is 11.3 Å². The molecular weight excluding hydrogens is 216 g/mol. The van der Waals surface area contributed by atoms with E-state index in [2.05, 4.69) is 5.10 Å². The van der Waals surface area contributed by atoms with Crippen LogP contribution < -0.4 is 4.74 Å². The van der Waals surface area contributed by atoms with E-state index in [1.807, 2.05) is 0 Å². The highest BCUT2D eigenvalue weighted by atomic mass is 32.1. The van der Waals surface area contributed by atoms with Crippen molar-refractivity contribution in [2.24, 2.45) is 7.05 Å². The van der Waals surface area contributed by atoms with Gasteiger partial charge in [-0.15, -0.1) is 0 Å². The Balaban J connectivity index is 2.14. The van der Waals surface area contributed by atoms with Crippen molar-refractivity contribution in [1.29, 1.82) is 0 Å². The maximum absolute atomic E-state index is 10.6. The lowest BCUT2D eigenvalue weighted by Crippen LogP contribution is -1.89.